The largest absolute Gasteiger partial charge is 0.481 e. The fourth-order valence-electron chi connectivity index (χ4n) is 3.04. The number of amides is 2. The van der Waals surface area contributed by atoms with Crippen molar-refractivity contribution in [2.24, 2.45) is 22.8 Å². The number of hydrogen-bond acceptors (Lipinski definition) is 6. The van der Waals surface area contributed by atoms with Crippen LogP contribution in [0.3, 0.4) is 0 Å². The summed E-state index contributed by atoms with van der Waals surface area (Å²) in [5.74, 6) is 2.55. The number of nitrogens with one attached hydrogen (secondary N) is 2. The molecule has 1 aliphatic rings. The molecule has 2 amide bonds. The van der Waals surface area contributed by atoms with Gasteiger partial charge in [-0.05, 0) is 35.7 Å². The smallest absolute Gasteiger partial charge is 0.305 e. The predicted octanol–water partition coefficient (Wildman–Crippen LogP) is 1.28. The van der Waals surface area contributed by atoms with Crippen LogP contribution in [0.2, 0.25) is 0 Å². The molecule has 1 aromatic carbocycles. The molecule has 1 heterocycles. The highest BCUT2D eigenvalue weighted by Crippen LogP contribution is 2.40. The van der Waals surface area contributed by atoms with Gasteiger partial charge in [-0.15, -0.1) is 0 Å². The Bertz CT molecular complexity index is 914. The summed E-state index contributed by atoms with van der Waals surface area (Å²) in [6, 6.07) is 9.64. The molecular formula is C20H21N5O4. The zero-order valence-corrected chi connectivity index (χ0v) is 15.5. The molecule has 0 spiro atoms. The first kappa shape index (κ1) is 20.0. The van der Waals surface area contributed by atoms with Crippen molar-refractivity contribution in [2.75, 3.05) is 5.32 Å². The standard InChI is InChI=1S/C20H21N5O4/c21-23-10-12-3-5-14(6-4-12)24-19(28)15-8-16(15)20(29)25-17(9-18(26)27)13-2-1-7-22-11-13/h1-7,10-11,15-17H,8-9,21H2,(H,24,28)(H,25,29)(H,26,27)/t15?,16?,17-/m0/s1. The summed E-state index contributed by atoms with van der Waals surface area (Å²) in [6.45, 7) is 0. The Morgan fingerprint density at radius 3 is 2.55 bits per heavy atom. The number of benzene rings is 1. The Morgan fingerprint density at radius 2 is 1.93 bits per heavy atom. The number of pyridine rings is 1. The number of rotatable bonds is 8. The van der Waals surface area contributed by atoms with Crippen LogP contribution < -0.4 is 16.5 Å². The number of carboxylic acids is 1. The molecule has 5 N–H and O–H groups in total. The SMILES string of the molecule is NN=Cc1ccc(NC(=O)C2CC2C(=O)N[C@@H](CC(=O)O)c2cccnc2)cc1. The number of hydrazone groups is 1. The van der Waals surface area contributed by atoms with E-state index in [0.29, 0.717) is 17.7 Å². The van der Waals surface area contributed by atoms with E-state index >= 15 is 0 Å². The van der Waals surface area contributed by atoms with Crippen molar-refractivity contribution in [1.29, 1.82) is 0 Å². The van der Waals surface area contributed by atoms with E-state index in [4.69, 9.17) is 10.9 Å². The van der Waals surface area contributed by atoms with Crippen LogP contribution in [0.4, 0.5) is 5.69 Å². The predicted molar refractivity (Wildman–Crippen MR) is 106 cm³/mol. The number of hydrogen-bond donors (Lipinski definition) is 4. The first-order valence-corrected chi connectivity index (χ1v) is 9.04. The Labute approximate surface area is 167 Å². The van der Waals surface area contributed by atoms with Gasteiger partial charge in [0.05, 0.1) is 30.5 Å². The Balaban J connectivity index is 1.57. The molecule has 3 rings (SSSR count). The van der Waals surface area contributed by atoms with Crippen LogP contribution in [-0.4, -0.2) is 34.1 Å². The molecular weight excluding hydrogens is 374 g/mol. The van der Waals surface area contributed by atoms with Gasteiger partial charge in [0.1, 0.15) is 0 Å². The Kier molecular flexibility index (Phi) is 6.18. The van der Waals surface area contributed by atoms with Gasteiger partial charge in [0.25, 0.3) is 0 Å². The molecule has 9 nitrogen and oxygen atoms in total. The van der Waals surface area contributed by atoms with Crippen molar-refractivity contribution >= 4 is 29.7 Å². The molecule has 2 aromatic rings. The summed E-state index contributed by atoms with van der Waals surface area (Å²) in [4.78, 5) is 40.0. The molecule has 0 radical (unpaired) electrons. The molecule has 0 bridgehead atoms. The molecule has 29 heavy (non-hydrogen) atoms. The molecule has 1 aliphatic carbocycles. The number of aromatic nitrogens is 1. The second-order valence-corrected chi connectivity index (χ2v) is 6.78. The van der Waals surface area contributed by atoms with Crippen molar-refractivity contribution in [3.8, 4) is 0 Å². The summed E-state index contributed by atoms with van der Waals surface area (Å²) >= 11 is 0. The van der Waals surface area contributed by atoms with Crippen LogP contribution in [0.1, 0.15) is 30.0 Å². The fraction of sp³-hybridized carbons (Fsp3) is 0.250. The van der Waals surface area contributed by atoms with Gasteiger partial charge >= 0.3 is 5.97 Å². The maximum atomic E-state index is 12.5. The molecule has 1 fully saturated rings. The van der Waals surface area contributed by atoms with Crippen molar-refractivity contribution in [3.63, 3.8) is 0 Å². The second-order valence-electron chi connectivity index (χ2n) is 6.78. The number of carboxylic acid groups (broad SMARTS) is 1. The quantitative estimate of drug-likeness (QED) is 0.301. The number of carbonyl (C=O) groups excluding carboxylic acids is 2. The molecule has 1 saturated carbocycles. The van der Waals surface area contributed by atoms with E-state index in [0.717, 1.165) is 5.56 Å². The van der Waals surface area contributed by atoms with Gasteiger partial charge < -0.3 is 21.6 Å². The van der Waals surface area contributed by atoms with E-state index in [1.807, 2.05) is 0 Å². The lowest BCUT2D eigenvalue weighted by Crippen LogP contribution is -2.32. The van der Waals surface area contributed by atoms with E-state index in [1.165, 1.54) is 12.4 Å². The molecule has 2 unspecified atom stereocenters. The summed E-state index contributed by atoms with van der Waals surface area (Å²) in [5.41, 5.74) is 2.01. The van der Waals surface area contributed by atoms with Gasteiger partial charge in [0, 0.05) is 18.1 Å². The van der Waals surface area contributed by atoms with Gasteiger partial charge in [-0.2, -0.15) is 5.10 Å². The van der Waals surface area contributed by atoms with Crippen LogP contribution in [0.5, 0.6) is 0 Å². The molecule has 3 atom stereocenters. The van der Waals surface area contributed by atoms with Crippen LogP contribution in [0.15, 0.2) is 53.9 Å². The van der Waals surface area contributed by atoms with Crippen LogP contribution in [0, 0.1) is 11.8 Å². The van der Waals surface area contributed by atoms with Gasteiger partial charge in [0.2, 0.25) is 11.8 Å². The zero-order chi connectivity index (χ0) is 20.8. The van der Waals surface area contributed by atoms with Crippen molar-refractivity contribution in [1.82, 2.24) is 10.3 Å². The summed E-state index contributed by atoms with van der Waals surface area (Å²) in [5, 5.41) is 18.1. The number of nitrogens with zero attached hydrogens (tertiary/aromatic N) is 2. The van der Waals surface area contributed by atoms with Gasteiger partial charge in [-0.1, -0.05) is 18.2 Å². The highest BCUT2D eigenvalue weighted by Gasteiger charge is 2.48. The monoisotopic (exact) mass is 395 g/mol. The van der Waals surface area contributed by atoms with Gasteiger partial charge in [-0.25, -0.2) is 0 Å². The van der Waals surface area contributed by atoms with Crippen molar-refractivity contribution < 1.29 is 19.5 Å². The van der Waals surface area contributed by atoms with Crippen LogP contribution in [-0.2, 0) is 14.4 Å². The maximum absolute atomic E-state index is 12.5. The lowest BCUT2D eigenvalue weighted by molar-refractivity contribution is -0.138. The van der Waals surface area contributed by atoms with E-state index in [1.54, 1.807) is 42.6 Å². The summed E-state index contributed by atoms with van der Waals surface area (Å²) < 4.78 is 0. The summed E-state index contributed by atoms with van der Waals surface area (Å²) in [6.07, 6.45) is 4.73. The minimum absolute atomic E-state index is 0.249. The van der Waals surface area contributed by atoms with E-state index in [9.17, 15) is 14.4 Å². The normalized spacial score (nSPS) is 18.8. The van der Waals surface area contributed by atoms with Crippen LogP contribution >= 0.6 is 0 Å². The average molecular weight is 395 g/mol. The Morgan fingerprint density at radius 1 is 1.21 bits per heavy atom. The highest BCUT2D eigenvalue weighted by atomic mass is 16.4. The number of aliphatic carboxylic acids is 1. The number of carbonyl (C=O) groups is 3. The van der Waals surface area contributed by atoms with E-state index in [-0.39, 0.29) is 18.2 Å². The molecule has 0 aliphatic heterocycles. The third-order valence-electron chi connectivity index (χ3n) is 4.65. The third kappa shape index (κ3) is 5.38. The molecule has 9 heteroatoms. The lowest BCUT2D eigenvalue weighted by atomic mass is 10.1. The minimum atomic E-state index is -1.03. The number of anilines is 1. The average Bonchev–Trinajstić information content (AvgIpc) is 3.51. The lowest BCUT2D eigenvalue weighted by Gasteiger charge is -2.17. The van der Waals surface area contributed by atoms with Crippen molar-refractivity contribution in [3.05, 3.63) is 59.9 Å². The maximum Gasteiger partial charge on any atom is 0.305 e. The Hall–Kier alpha value is -3.75. The number of nitrogens with two attached hydrogens (primary N) is 1. The van der Waals surface area contributed by atoms with Gasteiger partial charge in [0.15, 0.2) is 0 Å². The first-order valence-electron chi connectivity index (χ1n) is 9.04. The minimum Gasteiger partial charge on any atom is -0.481 e. The van der Waals surface area contributed by atoms with Crippen LogP contribution in [0.25, 0.3) is 0 Å². The molecule has 150 valence electrons. The van der Waals surface area contributed by atoms with E-state index in [2.05, 4.69) is 20.7 Å². The van der Waals surface area contributed by atoms with Crippen molar-refractivity contribution in [2.45, 2.75) is 18.9 Å². The zero-order valence-electron chi connectivity index (χ0n) is 15.5. The first-order chi connectivity index (χ1) is 14.0. The third-order valence-corrected chi connectivity index (χ3v) is 4.65. The highest BCUT2D eigenvalue weighted by molar-refractivity contribution is 5.99. The molecule has 1 aromatic heterocycles. The molecule has 0 saturated heterocycles. The van der Waals surface area contributed by atoms with Gasteiger partial charge in [-0.3, -0.25) is 19.4 Å². The topological polar surface area (TPSA) is 147 Å². The second kappa shape index (κ2) is 8.96. The fourth-order valence-corrected chi connectivity index (χ4v) is 3.04. The van der Waals surface area contributed by atoms with E-state index < -0.39 is 23.8 Å². The summed E-state index contributed by atoms with van der Waals surface area (Å²) in [7, 11) is 0.